The first-order valence-corrected chi connectivity index (χ1v) is 4.83. The van der Waals surface area contributed by atoms with Crippen LogP contribution in [0.3, 0.4) is 0 Å². The Morgan fingerprint density at radius 3 is 2.43 bits per heavy atom. The summed E-state index contributed by atoms with van der Waals surface area (Å²) in [4.78, 5) is 21.9. The molecule has 4 heteroatoms. The quantitative estimate of drug-likeness (QED) is 0.713. The summed E-state index contributed by atoms with van der Waals surface area (Å²) in [7, 11) is 0. The third-order valence-corrected chi connectivity index (χ3v) is 2.19. The smallest absolute Gasteiger partial charge is 0.303 e. The minimum atomic E-state index is -0.818. The van der Waals surface area contributed by atoms with E-state index in [0.717, 1.165) is 0 Å². The molecule has 1 rings (SSSR count). The first kappa shape index (κ1) is 11.0. The maximum absolute atomic E-state index is 11.5. The third kappa shape index (κ3) is 3.36. The van der Waals surface area contributed by atoms with Crippen LogP contribution < -0.4 is 5.32 Å². The summed E-state index contributed by atoms with van der Waals surface area (Å²) in [6.07, 6.45) is 0.830. The fraction of sp³-hybridized carbons (Fsp3) is 0.800. The molecule has 2 N–H and O–H groups in total. The van der Waals surface area contributed by atoms with Gasteiger partial charge in [-0.05, 0) is 33.1 Å². The second-order valence-corrected chi connectivity index (χ2v) is 4.94. The van der Waals surface area contributed by atoms with Crippen molar-refractivity contribution in [2.75, 3.05) is 0 Å². The zero-order valence-electron chi connectivity index (χ0n) is 8.83. The van der Waals surface area contributed by atoms with E-state index in [9.17, 15) is 9.59 Å². The van der Waals surface area contributed by atoms with Crippen molar-refractivity contribution in [2.24, 2.45) is 11.8 Å². The normalized spacial score (nSPS) is 25.6. The van der Waals surface area contributed by atoms with Crippen molar-refractivity contribution in [2.45, 2.75) is 39.2 Å². The molecule has 0 radical (unpaired) electrons. The Labute approximate surface area is 83.7 Å². The van der Waals surface area contributed by atoms with Crippen molar-refractivity contribution in [1.82, 2.24) is 5.32 Å². The molecule has 1 fully saturated rings. The largest absolute Gasteiger partial charge is 0.481 e. The Morgan fingerprint density at radius 2 is 2.00 bits per heavy atom. The molecule has 1 aliphatic carbocycles. The molecule has 0 aromatic heterocycles. The van der Waals surface area contributed by atoms with E-state index in [2.05, 4.69) is 5.32 Å². The van der Waals surface area contributed by atoms with E-state index >= 15 is 0 Å². The van der Waals surface area contributed by atoms with Crippen molar-refractivity contribution < 1.29 is 14.7 Å². The zero-order chi connectivity index (χ0) is 10.9. The van der Waals surface area contributed by atoms with Crippen LogP contribution in [0.15, 0.2) is 0 Å². The highest BCUT2D eigenvalue weighted by molar-refractivity contribution is 5.83. The van der Waals surface area contributed by atoms with Gasteiger partial charge in [-0.1, -0.05) is 0 Å². The van der Waals surface area contributed by atoms with Crippen LogP contribution in [0.4, 0.5) is 0 Å². The maximum Gasteiger partial charge on any atom is 0.303 e. The van der Waals surface area contributed by atoms with Crippen LogP contribution in [-0.2, 0) is 9.59 Å². The SMILES string of the molecule is CC(C)(C)NC(=O)C1CC1CC(=O)O. The molecule has 1 amide bonds. The minimum absolute atomic E-state index is 0.0104. The van der Waals surface area contributed by atoms with Crippen molar-refractivity contribution in [1.29, 1.82) is 0 Å². The predicted molar refractivity (Wildman–Crippen MR) is 51.7 cm³/mol. The van der Waals surface area contributed by atoms with Crippen molar-refractivity contribution in [3.63, 3.8) is 0 Å². The van der Waals surface area contributed by atoms with E-state index in [-0.39, 0.29) is 29.7 Å². The number of carbonyl (C=O) groups excluding carboxylic acids is 1. The summed E-state index contributed by atoms with van der Waals surface area (Å²) in [6.45, 7) is 5.75. The minimum Gasteiger partial charge on any atom is -0.481 e. The monoisotopic (exact) mass is 199 g/mol. The molecule has 0 saturated heterocycles. The van der Waals surface area contributed by atoms with Crippen LogP contribution >= 0.6 is 0 Å². The molecule has 1 aliphatic rings. The van der Waals surface area contributed by atoms with Gasteiger partial charge in [0.1, 0.15) is 0 Å². The van der Waals surface area contributed by atoms with Crippen molar-refractivity contribution in [3.8, 4) is 0 Å². The highest BCUT2D eigenvalue weighted by Crippen LogP contribution is 2.41. The van der Waals surface area contributed by atoms with Gasteiger partial charge in [-0.15, -0.1) is 0 Å². The molecule has 1 saturated carbocycles. The second kappa shape index (κ2) is 3.59. The van der Waals surface area contributed by atoms with Gasteiger partial charge in [-0.3, -0.25) is 9.59 Å². The molecule has 4 nitrogen and oxygen atoms in total. The molecule has 0 aromatic rings. The summed E-state index contributed by atoms with van der Waals surface area (Å²) in [5.41, 5.74) is -0.229. The molecule has 0 heterocycles. The van der Waals surface area contributed by atoms with Gasteiger partial charge < -0.3 is 10.4 Å². The average molecular weight is 199 g/mol. The van der Waals surface area contributed by atoms with E-state index in [1.54, 1.807) is 0 Å². The number of carboxylic acids is 1. The molecule has 14 heavy (non-hydrogen) atoms. The van der Waals surface area contributed by atoms with Crippen LogP contribution in [0, 0.1) is 11.8 Å². The van der Waals surface area contributed by atoms with Crippen LogP contribution in [-0.4, -0.2) is 22.5 Å². The number of hydrogen-bond acceptors (Lipinski definition) is 2. The third-order valence-electron chi connectivity index (χ3n) is 2.19. The summed E-state index contributed by atoms with van der Waals surface area (Å²) in [6, 6.07) is 0. The van der Waals surface area contributed by atoms with Gasteiger partial charge in [0, 0.05) is 17.9 Å². The van der Waals surface area contributed by atoms with Gasteiger partial charge >= 0.3 is 5.97 Å². The first-order valence-electron chi connectivity index (χ1n) is 4.83. The first-order chi connectivity index (χ1) is 6.29. The fourth-order valence-corrected chi connectivity index (χ4v) is 1.48. The summed E-state index contributed by atoms with van der Waals surface area (Å²) in [5.74, 6) is -0.856. The number of carbonyl (C=O) groups is 2. The van der Waals surface area contributed by atoms with E-state index < -0.39 is 5.97 Å². The van der Waals surface area contributed by atoms with Crippen molar-refractivity contribution in [3.05, 3.63) is 0 Å². The maximum atomic E-state index is 11.5. The van der Waals surface area contributed by atoms with Crippen LogP contribution in [0.1, 0.15) is 33.6 Å². The lowest BCUT2D eigenvalue weighted by Gasteiger charge is -2.20. The van der Waals surface area contributed by atoms with Crippen LogP contribution in [0.25, 0.3) is 0 Å². The number of rotatable bonds is 3. The molecular weight excluding hydrogens is 182 g/mol. The van der Waals surface area contributed by atoms with Gasteiger partial charge in [0.25, 0.3) is 0 Å². The second-order valence-electron chi connectivity index (χ2n) is 4.94. The Balaban J connectivity index is 2.33. The lowest BCUT2D eigenvalue weighted by Crippen LogP contribution is -2.41. The number of aliphatic carboxylic acids is 1. The number of hydrogen-bond donors (Lipinski definition) is 2. The van der Waals surface area contributed by atoms with Crippen LogP contribution in [0.2, 0.25) is 0 Å². The highest BCUT2D eigenvalue weighted by Gasteiger charge is 2.44. The Hall–Kier alpha value is -1.06. The number of carboxylic acid groups (broad SMARTS) is 1. The van der Waals surface area contributed by atoms with Gasteiger partial charge in [0.2, 0.25) is 5.91 Å². The molecule has 0 spiro atoms. The molecular formula is C10H17NO3. The topological polar surface area (TPSA) is 66.4 Å². The van der Waals surface area contributed by atoms with Crippen molar-refractivity contribution >= 4 is 11.9 Å². The zero-order valence-corrected chi connectivity index (χ0v) is 8.83. The summed E-state index contributed by atoms with van der Waals surface area (Å²) < 4.78 is 0. The molecule has 2 unspecified atom stereocenters. The highest BCUT2D eigenvalue weighted by atomic mass is 16.4. The Kier molecular flexibility index (Phi) is 2.83. The molecule has 80 valence electrons. The summed E-state index contributed by atoms with van der Waals surface area (Å²) in [5, 5.41) is 11.4. The molecule has 0 bridgehead atoms. The van der Waals surface area contributed by atoms with Gasteiger partial charge in [-0.25, -0.2) is 0 Å². The fourth-order valence-electron chi connectivity index (χ4n) is 1.48. The Bertz CT molecular complexity index is 255. The number of amides is 1. The standard InChI is InChI=1S/C10H17NO3/c1-10(2,3)11-9(14)7-4-6(7)5-8(12)13/h6-7H,4-5H2,1-3H3,(H,11,14)(H,12,13). The molecule has 2 atom stereocenters. The molecule has 0 aliphatic heterocycles. The van der Waals surface area contributed by atoms with Gasteiger partial charge in [0.15, 0.2) is 0 Å². The Morgan fingerprint density at radius 1 is 1.43 bits per heavy atom. The average Bonchev–Trinajstić information content (AvgIpc) is 2.61. The van der Waals surface area contributed by atoms with E-state index in [0.29, 0.717) is 6.42 Å². The van der Waals surface area contributed by atoms with Gasteiger partial charge in [-0.2, -0.15) is 0 Å². The lowest BCUT2D eigenvalue weighted by atomic mass is 10.1. The van der Waals surface area contributed by atoms with Gasteiger partial charge in [0.05, 0.1) is 0 Å². The lowest BCUT2D eigenvalue weighted by molar-refractivity contribution is -0.137. The molecule has 0 aromatic carbocycles. The van der Waals surface area contributed by atoms with E-state index in [1.165, 1.54) is 0 Å². The summed E-state index contributed by atoms with van der Waals surface area (Å²) >= 11 is 0. The van der Waals surface area contributed by atoms with E-state index in [4.69, 9.17) is 5.11 Å². The predicted octanol–water partition coefficient (Wildman–Crippen LogP) is 1.01. The van der Waals surface area contributed by atoms with E-state index in [1.807, 2.05) is 20.8 Å². The number of nitrogens with one attached hydrogen (secondary N) is 1. The van der Waals surface area contributed by atoms with Crippen LogP contribution in [0.5, 0.6) is 0 Å².